The zero-order valence-corrected chi connectivity index (χ0v) is 6.68. The number of hydrogen-bond donors (Lipinski definition) is 0. The topological polar surface area (TPSA) is 17.1 Å². The van der Waals surface area contributed by atoms with Crippen LogP contribution in [0.2, 0.25) is 0 Å². The van der Waals surface area contributed by atoms with Gasteiger partial charge in [0.05, 0.1) is 0 Å². The summed E-state index contributed by atoms with van der Waals surface area (Å²) < 4.78 is 0. The van der Waals surface area contributed by atoms with E-state index in [4.69, 9.17) is 0 Å². The highest BCUT2D eigenvalue weighted by Crippen LogP contribution is 2.01. The van der Waals surface area contributed by atoms with Crippen LogP contribution in [0.15, 0.2) is 0 Å². The molecule has 56 valence electrons. The van der Waals surface area contributed by atoms with Gasteiger partial charge in [0, 0.05) is 18.8 Å². The van der Waals surface area contributed by atoms with Gasteiger partial charge in [-0.05, 0) is 6.42 Å². The highest BCUT2D eigenvalue weighted by Gasteiger charge is 1.99. The summed E-state index contributed by atoms with van der Waals surface area (Å²) in [6.45, 7) is 4.02. The number of carbonyl (C=O) groups excluding carboxylic acids is 1. The maximum Gasteiger partial charge on any atom is 0.124 e. The lowest BCUT2D eigenvalue weighted by atomic mass is 10.1. The Morgan fingerprint density at radius 2 is 2.10 bits per heavy atom. The smallest absolute Gasteiger partial charge is 0.124 e. The van der Waals surface area contributed by atoms with Crippen molar-refractivity contribution in [2.45, 2.75) is 33.1 Å². The summed E-state index contributed by atoms with van der Waals surface area (Å²) in [7, 11) is 0. The SMILES string of the molecule is CCC#CCC(C=O)CC. The first-order valence-corrected chi connectivity index (χ1v) is 3.76. The summed E-state index contributed by atoms with van der Waals surface area (Å²) in [6.07, 6.45) is 3.51. The Kier molecular flexibility index (Phi) is 5.86. The molecule has 0 aliphatic heterocycles. The van der Waals surface area contributed by atoms with E-state index >= 15 is 0 Å². The monoisotopic (exact) mass is 138 g/mol. The number of hydrogen-bond acceptors (Lipinski definition) is 1. The lowest BCUT2D eigenvalue weighted by Gasteiger charge is -1.97. The molecule has 0 spiro atoms. The normalized spacial score (nSPS) is 11.4. The van der Waals surface area contributed by atoms with Crippen molar-refractivity contribution in [3.8, 4) is 11.8 Å². The molecule has 0 rings (SSSR count). The predicted molar refractivity (Wildman–Crippen MR) is 42.5 cm³/mol. The van der Waals surface area contributed by atoms with Gasteiger partial charge >= 0.3 is 0 Å². The third-order valence-electron chi connectivity index (χ3n) is 1.38. The van der Waals surface area contributed by atoms with Gasteiger partial charge in [-0.2, -0.15) is 0 Å². The van der Waals surface area contributed by atoms with Crippen molar-refractivity contribution in [3.05, 3.63) is 0 Å². The minimum atomic E-state index is 0.152. The summed E-state index contributed by atoms with van der Waals surface area (Å²) in [5, 5.41) is 0. The Morgan fingerprint density at radius 3 is 2.50 bits per heavy atom. The number of rotatable bonds is 3. The maximum atomic E-state index is 10.3. The van der Waals surface area contributed by atoms with Crippen LogP contribution in [-0.2, 0) is 4.79 Å². The number of carbonyl (C=O) groups is 1. The second kappa shape index (κ2) is 6.35. The standard InChI is InChI=1S/C9H14O/c1-3-5-6-7-9(4-2)8-10/h8-9H,3-4,7H2,1-2H3. The van der Waals surface area contributed by atoms with Crippen LogP contribution in [0.4, 0.5) is 0 Å². The van der Waals surface area contributed by atoms with E-state index < -0.39 is 0 Å². The average Bonchev–Trinajstić information content (AvgIpc) is 1.99. The molecule has 1 nitrogen and oxygen atoms in total. The molecule has 0 radical (unpaired) electrons. The molecule has 0 N–H and O–H groups in total. The van der Waals surface area contributed by atoms with Crippen LogP contribution in [0.25, 0.3) is 0 Å². The predicted octanol–water partition coefficient (Wildman–Crippen LogP) is 2.01. The molecule has 0 aliphatic carbocycles. The van der Waals surface area contributed by atoms with Gasteiger partial charge in [-0.1, -0.05) is 13.8 Å². The summed E-state index contributed by atoms with van der Waals surface area (Å²) in [5.41, 5.74) is 0. The second-order valence-corrected chi connectivity index (χ2v) is 2.22. The molecule has 0 heterocycles. The van der Waals surface area contributed by atoms with E-state index in [0.29, 0.717) is 0 Å². The molecule has 0 aromatic carbocycles. The van der Waals surface area contributed by atoms with Crippen LogP contribution in [0.5, 0.6) is 0 Å². The van der Waals surface area contributed by atoms with E-state index in [0.717, 1.165) is 25.5 Å². The Labute approximate surface area is 62.8 Å². The summed E-state index contributed by atoms with van der Waals surface area (Å²) >= 11 is 0. The molecular weight excluding hydrogens is 124 g/mol. The van der Waals surface area contributed by atoms with Crippen molar-refractivity contribution >= 4 is 6.29 Å². The fourth-order valence-corrected chi connectivity index (χ4v) is 0.617. The third-order valence-corrected chi connectivity index (χ3v) is 1.38. The minimum Gasteiger partial charge on any atom is -0.303 e. The average molecular weight is 138 g/mol. The molecule has 0 aliphatic rings. The van der Waals surface area contributed by atoms with Gasteiger partial charge in [-0.3, -0.25) is 0 Å². The van der Waals surface area contributed by atoms with Gasteiger partial charge in [0.15, 0.2) is 0 Å². The lowest BCUT2D eigenvalue weighted by molar-refractivity contribution is -0.111. The first-order valence-electron chi connectivity index (χ1n) is 3.76. The van der Waals surface area contributed by atoms with Gasteiger partial charge in [0.1, 0.15) is 6.29 Å². The van der Waals surface area contributed by atoms with E-state index in [-0.39, 0.29) is 5.92 Å². The van der Waals surface area contributed by atoms with E-state index in [1.807, 2.05) is 13.8 Å². The molecule has 0 saturated heterocycles. The molecule has 1 atom stereocenters. The Morgan fingerprint density at radius 1 is 1.40 bits per heavy atom. The summed E-state index contributed by atoms with van der Waals surface area (Å²) in [5.74, 6) is 6.05. The van der Waals surface area contributed by atoms with Crippen molar-refractivity contribution in [1.29, 1.82) is 0 Å². The minimum absolute atomic E-state index is 0.152. The highest BCUT2D eigenvalue weighted by molar-refractivity contribution is 5.53. The van der Waals surface area contributed by atoms with Gasteiger partial charge in [-0.25, -0.2) is 0 Å². The Bertz CT molecular complexity index is 139. The second-order valence-electron chi connectivity index (χ2n) is 2.22. The molecule has 10 heavy (non-hydrogen) atoms. The van der Waals surface area contributed by atoms with Gasteiger partial charge < -0.3 is 4.79 Å². The van der Waals surface area contributed by atoms with E-state index in [9.17, 15) is 4.79 Å². The highest BCUT2D eigenvalue weighted by atomic mass is 16.1. The Balaban J connectivity index is 3.53. The first-order chi connectivity index (χ1) is 4.85. The quantitative estimate of drug-likeness (QED) is 0.430. The van der Waals surface area contributed by atoms with Gasteiger partial charge in [0.25, 0.3) is 0 Å². The van der Waals surface area contributed by atoms with Crippen molar-refractivity contribution in [2.75, 3.05) is 0 Å². The molecule has 0 aromatic heterocycles. The largest absolute Gasteiger partial charge is 0.303 e. The van der Waals surface area contributed by atoms with E-state index in [1.165, 1.54) is 0 Å². The molecule has 0 bridgehead atoms. The molecule has 0 amide bonds. The summed E-state index contributed by atoms with van der Waals surface area (Å²) in [6, 6.07) is 0. The van der Waals surface area contributed by atoms with Crippen LogP contribution in [-0.4, -0.2) is 6.29 Å². The first kappa shape index (κ1) is 9.23. The van der Waals surface area contributed by atoms with Crippen LogP contribution in [0.1, 0.15) is 33.1 Å². The van der Waals surface area contributed by atoms with Crippen LogP contribution >= 0.6 is 0 Å². The van der Waals surface area contributed by atoms with Crippen molar-refractivity contribution in [2.24, 2.45) is 5.92 Å². The van der Waals surface area contributed by atoms with Gasteiger partial charge in [-0.15, -0.1) is 11.8 Å². The van der Waals surface area contributed by atoms with Crippen molar-refractivity contribution < 1.29 is 4.79 Å². The Hall–Kier alpha value is -0.770. The van der Waals surface area contributed by atoms with Crippen LogP contribution < -0.4 is 0 Å². The molecule has 0 saturated carbocycles. The molecule has 0 fully saturated rings. The van der Waals surface area contributed by atoms with E-state index in [2.05, 4.69) is 11.8 Å². The van der Waals surface area contributed by atoms with E-state index in [1.54, 1.807) is 0 Å². The molecule has 0 aromatic rings. The van der Waals surface area contributed by atoms with Gasteiger partial charge in [0.2, 0.25) is 0 Å². The fraction of sp³-hybridized carbons (Fsp3) is 0.667. The zero-order chi connectivity index (χ0) is 7.82. The third kappa shape index (κ3) is 4.14. The zero-order valence-electron chi connectivity index (χ0n) is 6.68. The lowest BCUT2D eigenvalue weighted by Crippen LogP contribution is -1.97. The molecule has 1 heteroatoms. The maximum absolute atomic E-state index is 10.3. The van der Waals surface area contributed by atoms with Crippen molar-refractivity contribution in [3.63, 3.8) is 0 Å². The summed E-state index contributed by atoms with van der Waals surface area (Å²) in [4.78, 5) is 10.3. The fourth-order valence-electron chi connectivity index (χ4n) is 0.617. The van der Waals surface area contributed by atoms with Crippen LogP contribution in [0, 0.1) is 17.8 Å². The van der Waals surface area contributed by atoms with Crippen molar-refractivity contribution in [1.82, 2.24) is 0 Å². The van der Waals surface area contributed by atoms with Crippen LogP contribution in [0.3, 0.4) is 0 Å². The number of aldehydes is 1. The molecule has 1 unspecified atom stereocenters. The molecular formula is C9H14O.